The van der Waals surface area contributed by atoms with Crippen molar-refractivity contribution in [3.63, 3.8) is 0 Å². The molecule has 0 unspecified atom stereocenters. The number of ether oxygens (including phenoxy) is 1. The van der Waals surface area contributed by atoms with Crippen LogP contribution in [-0.2, 0) is 23.4 Å². The van der Waals surface area contributed by atoms with E-state index in [2.05, 4.69) is 0 Å². The number of nitrogens with zero attached hydrogens (tertiary/aromatic N) is 2. The lowest BCUT2D eigenvalue weighted by molar-refractivity contribution is -0.156. The van der Waals surface area contributed by atoms with Crippen LogP contribution in [0, 0.1) is 0 Å². The molecular formula is C12H21ClN2O5S. The van der Waals surface area contributed by atoms with Crippen molar-refractivity contribution in [2.24, 2.45) is 0 Å². The van der Waals surface area contributed by atoms with Gasteiger partial charge in [-0.1, -0.05) is 0 Å². The topological polar surface area (TPSA) is 84.0 Å². The SMILES string of the molecule is CC(C)(C)OC(=O)CN1CCN(C(=O)CS(=O)(=O)Cl)CC1. The Bertz CT molecular complexity index is 492. The van der Waals surface area contributed by atoms with Gasteiger partial charge < -0.3 is 9.64 Å². The van der Waals surface area contributed by atoms with Crippen LogP contribution in [0.5, 0.6) is 0 Å². The molecule has 1 amide bonds. The van der Waals surface area contributed by atoms with Crippen LogP contribution in [0.15, 0.2) is 0 Å². The largest absolute Gasteiger partial charge is 0.459 e. The van der Waals surface area contributed by atoms with E-state index in [-0.39, 0.29) is 12.5 Å². The molecule has 0 aromatic heterocycles. The number of carbonyl (C=O) groups is 2. The maximum absolute atomic E-state index is 11.7. The van der Waals surface area contributed by atoms with Gasteiger partial charge in [0.2, 0.25) is 15.0 Å². The summed E-state index contributed by atoms with van der Waals surface area (Å²) in [6.45, 7) is 7.28. The van der Waals surface area contributed by atoms with Gasteiger partial charge in [-0.2, -0.15) is 0 Å². The number of esters is 1. The van der Waals surface area contributed by atoms with E-state index in [1.165, 1.54) is 4.90 Å². The molecule has 0 spiro atoms. The molecule has 122 valence electrons. The summed E-state index contributed by atoms with van der Waals surface area (Å²) in [4.78, 5) is 26.7. The van der Waals surface area contributed by atoms with Crippen molar-refractivity contribution in [3.8, 4) is 0 Å². The summed E-state index contributed by atoms with van der Waals surface area (Å²) < 4.78 is 27.0. The highest BCUT2D eigenvalue weighted by molar-refractivity contribution is 8.14. The molecule has 1 rings (SSSR count). The second-order valence-electron chi connectivity index (χ2n) is 5.93. The van der Waals surface area contributed by atoms with Crippen molar-refractivity contribution < 1.29 is 22.7 Å². The Kier molecular flexibility index (Phi) is 6.01. The molecule has 1 heterocycles. The average Bonchev–Trinajstić information content (AvgIpc) is 2.24. The van der Waals surface area contributed by atoms with E-state index in [1.807, 2.05) is 4.90 Å². The first-order chi connectivity index (χ1) is 9.46. The Labute approximate surface area is 129 Å². The van der Waals surface area contributed by atoms with E-state index in [0.29, 0.717) is 26.2 Å². The van der Waals surface area contributed by atoms with Gasteiger partial charge in [-0.15, -0.1) is 0 Å². The van der Waals surface area contributed by atoms with Crippen molar-refractivity contribution in [2.75, 3.05) is 38.5 Å². The third-order valence-electron chi connectivity index (χ3n) is 2.79. The van der Waals surface area contributed by atoms with Crippen LogP contribution in [0.1, 0.15) is 20.8 Å². The Morgan fingerprint density at radius 3 is 2.10 bits per heavy atom. The number of carbonyl (C=O) groups excluding carboxylic acids is 2. The van der Waals surface area contributed by atoms with E-state index in [4.69, 9.17) is 15.4 Å². The molecule has 7 nitrogen and oxygen atoms in total. The summed E-state index contributed by atoms with van der Waals surface area (Å²) >= 11 is 0. The average molecular weight is 341 g/mol. The third-order valence-corrected chi connectivity index (χ3v) is 3.71. The first-order valence-corrected chi connectivity index (χ1v) is 9.08. The van der Waals surface area contributed by atoms with Crippen LogP contribution in [0.3, 0.4) is 0 Å². The highest BCUT2D eigenvalue weighted by Gasteiger charge is 2.26. The second-order valence-corrected chi connectivity index (χ2v) is 8.70. The van der Waals surface area contributed by atoms with Gasteiger partial charge in [0.15, 0.2) is 0 Å². The van der Waals surface area contributed by atoms with Crippen molar-refractivity contribution in [1.82, 2.24) is 9.80 Å². The van der Waals surface area contributed by atoms with Crippen molar-refractivity contribution >= 4 is 31.6 Å². The van der Waals surface area contributed by atoms with E-state index < -0.39 is 26.3 Å². The fourth-order valence-corrected chi connectivity index (χ4v) is 2.71. The molecule has 1 fully saturated rings. The van der Waals surface area contributed by atoms with Crippen molar-refractivity contribution in [3.05, 3.63) is 0 Å². The molecular weight excluding hydrogens is 320 g/mol. The number of rotatable bonds is 4. The fraction of sp³-hybridized carbons (Fsp3) is 0.833. The first kappa shape index (κ1) is 18.2. The minimum absolute atomic E-state index is 0.160. The van der Waals surface area contributed by atoms with E-state index >= 15 is 0 Å². The lowest BCUT2D eigenvalue weighted by Gasteiger charge is -2.34. The van der Waals surface area contributed by atoms with Gasteiger partial charge in [0.1, 0.15) is 11.4 Å². The Morgan fingerprint density at radius 1 is 1.14 bits per heavy atom. The van der Waals surface area contributed by atoms with Gasteiger partial charge in [0.25, 0.3) is 0 Å². The second kappa shape index (κ2) is 6.93. The minimum Gasteiger partial charge on any atom is -0.459 e. The first-order valence-electron chi connectivity index (χ1n) is 6.60. The zero-order valence-corrected chi connectivity index (χ0v) is 14.0. The molecule has 0 aromatic carbocycles. The summed E-state index contributed by atoms with van der Waals surface area (Å²) in [7, 11) is 1.23. The summed E-state index contributed by atoms with van der Waals surface area (Å²) in [5.74, 6) is -1.52. The summed E-state index contributed by atoms with van der Waals surface area (Å²) in [6.07, 6.45) is 0. The summed E-state index contributed by atoms with van der Waals surface area (Å²) in [5, 5.41) is 0. The number of hydrogen-bond acceptors (Lipinski definition) is 6. The zero-order chi connectivity index (χ0) is 16.3. The molecule has 21 heavy (non-hydrogen) atoms. The highest BCUT2D eigenvalue weighted by atomic mass is 35.7. The van der Waals surface area contributed by atoms with Crippen LogP contribution in [-0.4, -0.2) is 74.2 Å². The fourth-order valence-electron chi connectivity index (χ4n) is 1.95. The zero-order valence-electron chi connectivity index (χ0n) is 12.5. The van der Waals surface area contributed by atoms with Crippen molar-refractivity contribution in [2.45, 2.75) is 26.4 Å². The van der Waals surface area contributed by atoms with Crippen molar-refractivity contribution in [1.29, 1.82) is 0 Å². The molecule has 0 aliphatic carbocycles. The molecule has 0 saturated carbocycles. The quantitative estimate of drug-likeness (QED) is 0.531. The smallest absolute Gasteiger partial charge is 0.320 e. The van der Waals surface area contributed by atoms with Crippen LogP contribution in [0.25, 0.3) is 0 Å². The van der Waals surface area contributed by atoms with Gasteiger partial charge in [-0.05, 0) is 20.8 Å². The summed E-state index contributed by atoms with van der Waals surface area (Å²) in [5.41, 5.74) is -0.524. The normalized spacial score (nSPS) is 17.6. The number of piperazine rings is 1. The minimum atomic E-state index is -3.83. The standard InChI is InChI=1S/C12H21ClN2O5S/c1-12(2,3)20-11(17)8-14-4-6-15(7-5-14)10(16)9-21(13,18)19/h4-9H2,1-3H3. The van der Waals surface area contributed by atoms with Gasteiger partial charge in [0.05, 0.1) is 6.54 Å². The Morgan fingerprint density at radius 2 is 1.67 bits per heavy atom. The van der Waals surface area contributed by atoms with Crippen LogP contribution in [0.2, 0.25) is 0 Å². The van der Waals surface area contributed by atoms with E-state index in [0.717, 1.165) is 0 Å². The lowest BCUT2D eigenvalue weighted by Crippen LogP contribution is -2.51. The molecule has 0 atom stereocenters. The molecule has 1 saturated heterocycles. The monoisotopic (exact) mass is 340 g/mol. The van der Waals surface area contributed by atoms with Gasteiger partial charge in [-0.3, -0.25) is 14.5 Å². The Hall–Kier alpha value is -0.860. The molecule has 1 aliphatic heterocycles. The molecule has 1 aliphatic rings. The predicted octanol–water partition coefficient (Wildman–Crippen LogP) is 0.0409. The van der Waals surface area contributed by atoms with Crippen LogP contribution < -0.4 is 0 Å². The number of hydrogen-bond donors (Lipinski definition) is 0. The molecule has 0 radical (unpaired) electrons. The molecule has 0 bridgehead atoms. The number of amides is 1. The van der Waals surface area contributed by atoms with Crippen LogP contribution >= 0.6 is 10.7 Å². The highest BCUT2D eigenvalue weighted by Crippen LogP contribution is 2.09. The Balaban J connectivity index is 2.39. The van der Waals surface area contributed by atoms with Crippen LogP contribution in [0.4, 0.5) is 0 Å². The predicted molar refractivity (Wildman–Crippen MR) is 78.5 cm³/mol. The van der Waals surface area contributed by atoms with E-state index in [9.17, 15) is 18.0 Å². The maximum atomic E-state index is 11.7. The summed E-state index contributed by atoms with van der Waals surface area (Å²) in [6, 6.07) is 0. The van der Waals surface area contributed by atoms with Gasteiger partial charge in [-0.25, -0.2) is 8.42 Å². The lowest BCUT2D eigenvalue weighted by atomic mass is 10.2. The maximum Gasteiger partial charge on any atom is 0.320 e. The van der Waals surface area contributed by atoms with Gasteiger partial charge >= 0.3 is 5.97 Å². The van der Waals surface area contributed by atoms with Gasteiger partial charge in [0, 0.05) is 36.9 Å². The third kappa shape index (κ3) is 7.63. The molecule has 9 heteroatoms. The van der Waals surface area contributed by atoms with E-state index in [1.54, 1.807) is 20.8 Å². The molecule has 0 N–H and O–H groups in total. The molecule has 0 aromatic rings. The number of halogens is 1.